The number of benzene rings is 1. The minimum absolute atomic E-state index is 0.109. The fraction of sp³-hybridized carbons (Fsp3) is 0.455. The third-order valence-corrected chi connectivity index (χ3v) is 4.07. The van der Waals surface area contributed by atoms with Gasteiger partial charge >= 0.3 is 6.18 Å². The van der Waals surface area contributed by atoms with Crippen LogP contribution < -0.4 is 4.74 Å². The summed E-state index contributed by atoms with van der Waals surface area (Å²) in [6, 6.07) is 1.47. The Bertz CT molecular complexity index is 584. The lowest BCUT2D eigenvalue weighted by molar-refractivity contribution is -0.138. The van der Waals surface area contributed by atoms with Crippen LogP contribution in [0.4, 0.5) is 17.6 Å². The van der Waals surface area contributed by atoms with Crippen molar-refractivity contribution in [2.75, 3.05) is 18.6 Å². The fourth-order valence-corrected chi connectivity index (χ4v) is 2.46. The van der Waals surface area contributed by atoms with Gasteiger partial charge in [0.25, 0.3) is 0 Å². The molecule has 0 atom stereocenters. The Labute approximate surface area is 122 Å². The topological polar surface area (TPSA) is 43.4 Å². The Morgan fingerprint density at radius 1 is 1.30 bits per heavy atom. The van der Waals surface area contributed by atoms with Crippen LogP contribution in [0, 0.1) is 5.82 Å². The maximum absolute atomic E-state index is 13.3. The minimum Gasteiger partial charge on any atom is -0.493 e. The summed E-state index contributed by atoms with van der Waals surface area (Å²) in [5, 5.41) is 0. The number of halogens is 5. The van der Waals surface area contributed by atoms with Crippen LogP contribution in [0.3, 0.4) is 0 Å². The van der Waals surface area contributed by atoms with Crippen molar-refractivity contribution in [1.29, 1.82) is 0 Å². The highest BCUT2D eigenvalue weighted by Gasteiger charge is 2.35. The second-order valence-electron chi connectivity index (χ2n) is 4.10. The lowest BCUT2D eigenvalue weighted by atomic mass is 10.2. The molecular formula is C11H11BrF4O3S. The van der Waals surface area contributed by atoms with E-state index < -0.39 is 31.9 Å². The standard InChI is InChI=1S/C11H11BrF4O3S/c1-20(17,18)4-2-3-19-7-5-8(11(14,15)16)10(12)9(13)6-7/h5-6H,2-4H2,1H3. The summed E-state index contributed by atoms with van der Waals surface area (Å²) in [5.74, 6) is -1.55. The van der Waals surface area contributed by atoms with Crippen molar-refractivity contribution in [3.63, 3.8) is 0 Å². The second-order valence-corrected chi connectivity index (χ2v) is 7.15. The smallest absolute Gasteiger partial charge is 0.417 e. The van der Waals surface area contributed by atoms with Crippen LogP contribution in [-0.4, -0.2) is 27.0 Å². The average Bonchev–Trinajstić information content (AvgIpc) is 2.26. The van der Waals surface area contributed by atoms with E-state index in [0.29, 0.717) is 6.07 Å². The normalized spacial score (nSPS) is 12.5. The van der Waals surface area contributed by atoms with Crippen LogP contribution in [0.1, 0.15) is 12.0 Å². The Balaban J connectivity index is 2.80. The molecule has 0 amide bonds. The van der Waals surface area contributed by atoms with Crippen LogP contribution in [0.15, 0.2) is 16.6 Å². The minimum atomic E-state index is -4.72. The van der Waals surface area contributed by atoms with E-state index >= 15 is 0 Å². The molecule has 114 valence electrons. The van der Waals surface area contributed by atoms with Gasteiger partial charge < -0.3 is 4.74 Å². The number of ether oxygens (including phenoxy) is 1. The summed E-state index contributed by atoms with van der Waals surface area (Å²) in [4.78, 5) is 0. The highest BCUT2D eigenvalue weighted by Crippen LogP contribution is 2.38. The van der Waals surface area contributed by atoms with Gasteiger partial charge in [0.2, 0.25) is 0 Å². The predicted molar refractivity (Wildman–Crippen MR) is 68.9 cm³/mol. The molecule has 0 N–H and O–H groups in total. The van der Waals surface area contributed by atoms with E-state index in [-0.39, 0.29) is 24.5 Å². The van der Waals surface area contributed by atoms with E-state index in [9.17, 15) is 26.0 Å². The highest BCUT2D eigenvalue weighted by molar-refractivity contribution is 9.10. The molecule has 1 rings (SSSR count). The number of hydrogen-bond donors (Lipinski definition) is 0. The number of alkyl halides is 3. The van der Waals surface area contributed by atoms with Gasteiger partial charge in [-0.1, -0.05) is 0 Å². The molecule has 0 bridgehead atoms. The molecule has 0 unspecified atom stereocenters. The third kappa shape index (κ3) is 5.28. The van der Waals surface area contributed by atoms with Gasteiger partial charge in [0.05, 0.1) is 22.4 Å². The first-order valence-electron chi connectivity index (χ1n) is 5.37. The van der Waals surface area contributed by atoms with E-state index in [4.69, 9.17) is 4.74 Å². The molecule has 0 saturated carbocycles. The molecular weight excluding hydrogens is 368 g/mol. The van der Waals surface area contributed by atoms with Gasteiger partial charge in [0.15, 0.2) is 0 Å². The molecule has 0 spiro atoms. The van der Waals surface area contributed by atoms with E-state index in [1.807, 2.05) is 0 Å². The summed E-state index contributed by atoms with van der Waals surface area (Å²) in [5.41, 5.74) is -1.18. The predicted octanol–water partition coefficient (Wildman–Crippen LogP) is 3.42. The van der Waals surface area contributed by atoms with Gasteiger partial charge in [-0.2, -0.15) is 13.2 Å². The van der Waals surface area contributed by atoms with Crippen molar-refractivity contribution < 1.29 is 30.7 Å². The number of rotatable bonds is 5. The fourth-order valence-electron chi connectivity index (χ4n) is 1.36. The van der Waals surface area contributed by atoms with Crippen LogP contribution in [0.5, 0.6) is 5.75 Å². The van der Waals surface area contributed by atoms with Crippen molar-refractivity contribution in [2.24, 2.45) is 0 Å². The highest BCUT2D eigenvalue weighted by atomic mass is 79.9. The van der Waals surface area contributed by atoms with Gasteiger partial charge in [-0.25, -0.2) is 12.8 Å². The Morgan fingerprint density at radius 3 is 2.40 bits per heavy atom. The molecule has 0 saturated heterocycles. The van der Waals surface area contributed by atoms with E-state index in [2.05, 4.69) is 15.9 Å². The van der Waals surface area contributed by atoms with Gasteiger partial charge in [-0.15, -0.1) is 0 Å². The first-order chi connectivity index (χ1) is 9.00. The molecule has 20 heavy (non-hydrogen) atoms. The van der Waals surface area contributed by atoms with Crippen LogP contribution in [-0.2, 0) is 16.0 Å². The third-order valence-electron chi connectivity index (χ3n) is 2.24. The molecule has 0 heterocycles. The summed E-state index contributed by atoms with van der Waals surface area (Å²) in [6.45, 7) is -0.120. The van der Waals surface area contributed by atoms with E-state index in [1.165, 1.54) is 0 Å². The molecule has 0 radical (unpaired) electrons. The van der Waals surface area contributed by atoms with Crippen LogP contribution >= 0.6 is 15.9 Å². The molecule has 9 heteroatoms. The Hall–Kier alpha value is -0.830. The maximum atomic E-state index is 13.3. The molecule has 0 aliphatic heterocycles. The summed E-state index contributed by atoms with van der Waals surface area (Å²) >= 11 is 2.53. The monoisotopic (exact) mass is 378 g/mol. The quantitative estimate of drug-likeness (QED) is 0.582. The van der Waals surface area contributed by atoms with Crippen molar-refractivity contribution in [2.45, 2.75) is 12.6 Å². The number of sulfone groups is 1. The van der Waals surface area contributed by atoms with Crippen LogP contribution in [0.25, 0.3) is 0 Å². The molecule has 1 aromatic carbocycles. The average molecular weight is 379 g/mol. The SMILES string of the molecule is CS(=O)(=O)CCCOc1cc(F)c(Br)c(C(F)(F)F)c1. The molecule has 0 aliphatic carbocycles. The Morgan fingerprint density at radius 2 is 1.90 bits per heavy atom. The maximum Gasteiger partial charge on any atom is 0.417 e. The largest absolute Gasteiger partial charge is 0.493 e. The van der Waals surface area contributed by atoms with Crippen molar-refractivity contribution in [3.8, 4) is 5.75 Å². The zero-order valence-corrected chi connectivity index (χ0v) is 12.7. The molecule has 0 fully saturated rings. The van der Waals surface area contributed by atoms with Gasteiger partial charge in [-0.05, 0) is 28.4 Å². The summed E-state index contributed by atoms with van der Waals surface area (Å²) in [6.07, 6.45) is -3.57. The first-order valence-corrected chi connectivity index (χ1v) is 8.23. The van der Waals surface area contributed by atoms with Crippen LogP contribution in [0.2, 0.25) is 0 Å². The zero-order valence-electron chi connectivity index (χ0n) is 10.3. The van der Waals surface area contributed by atoms with Gasteiger partial charge in [-0.3, -0.25) is 0 Å². The zero-order chi connectivity index (χ0) is 15.6. The van der Waals surface area contributed by atoms with Gasteiger partial charge in [0, 0.05) is 12.3 Å². The molecule has 0 aliphatic rings. The van der Waals surface area contributed by atoms with Crippen molar-refractivity contribution in [3.05, 3.63) is 28.0 Å². The molecule has 1 aromatic rings. The van der Waals surface area contributed by atoms with Crippen molar-refractivity contribution in [1.82, 2.24) is 0 Å². The summed E-state index contributed by atoms with van der Waals surface area (Å²) < 4.78 is 77.2. The second kappa shape index (κ2) is 6.30. The molecule has 3 nitrogen and oxygen atoms in total. The van der Waals surface area contributed by atoms with Crippen molar-refractivity contribution >= 4 is 25.8 Å². The first kappa shape index (κ1) is 17.2. The lowest BCUT2D eigenvalue weighted by Crippen LogP contribution is -2.10. The molecule has 0 aromatic heterocycles. The Kier molecular flexibility index (Phi) is 5.42. The van der Waals surface area contributed by atoms with E-state index in [0.717, 1.165) is 12.3 Å². The van der Waals surface area contributed by atoms with Gasteiger partial charge in [0.1, 0.15) is 21.4 Å². The van der Waals surface area contributed by atoms with E-state index in [1.54, 1.807) is 0 Å². The number of hydrogen-bond acceptors (Lipinski definition) is 3. The summed E-state index contributed by atoms with van der Waals surface area (Å²) in [7, 11) is -3.17. The lowest BCUT2D eigenvalue weighted by Gasteiger charge is -2.13.